The minimum atomic E-state index is -1.19. The molecule has 1 rings (SSSR count). The van der Waals surface area contributed by atoms with Crippen molar-refractivity contribution in [1.29, 1.82) is 0 Å². The number of hydrogen-bond acceptors (Lipinski definition) is 7. The maximum absolute atomic E-state index is 12.5. The zero-order chi connectivity index (χ0) is 22.7. The first-order chi connectivity index (χ1) is 14.1. The number of nitrogens with one attached hydrogen (secondary N) is 4. The molecule has 0 radical (unpaired) electrons. The lowest BCUT2D eigenvalue weighted by Gasteiger charge is -2.23. The first kappa shape index (κ1) is 25.0. The summed E-state index contributed by atoms with van der Waals surface area (Å²) in [6, 6.07) is -3.90. The predicted molar refractivity (Wildman–Crippen MR) is 108 cm³/mol. The van der Waals surface area contributed by atoms with E-state index < -0.39 is 47.9 Å². The number of aromatic nitrogens is 2. The van der Waals surface area contributed by atoms with E-state index in [1.165, 1.54) is 20.2 Å². The molecule has 0 bridgehead atoms. The summed E-state index contributed by atoms with van der Waals surface area (Å²) in [5, 5.41) is 16.3. The number of imidazole rings is 1. The van der Waals surface area contributed by atoms with Crippen LogP contribution in [-0.2, 0) is 25.6 Å². The zero-order valence-electron chi connectivity index (χ0n) is 17.2. The second kappa shape index (κ2) is 12.5. The van der Waals surface area contributed by atoms with Crippen LogP contribution in [0.15, 0.2) is 12.5 Å². The number of nitrogens with zero attached hydrogens (tertiary/aromatic N) is 1. The summed E-state index contributed by atoms with van der Waals surface area (Å²) < 4.78 is 0. The number of amides is 3. The van der Waals surface area contributed by atoms with E-state index in [1.807, 2.05) is 0 Å². The molecule has 0 fully saturated rings. The summed E-state index contributed by atoms with van der Waals surface area (Å²) >= 11 is 0. The van der Waals surface area contributed by atoms with Crippen LogP contribution >= 0.6 is 0 Å². The minimum Gasteiger partial charge on any atom is -0.480 e. The van der Waals surface area contributed by atoms with E-state index in [1.54, 1.807) is 6.20 Å². The van der Waals surface area contributed by atoms with Gasteiger partial charge in [0.2, 0.25) is 17.7 Å². The summed E-state index contributed by atoms with van der Waals surface area (Å²) in [4.78, 5) is 54.7. The Kier molecular flexibility index (Phi) is 10.5. The van der Waals surface area contributed by atoms with Crippen molar-refractivity contribution in [2.24, 2.45) is 11.5 Å². The topological polar surface area (TPSA) is 205 Å². The van der Waals surface area contributed by atoms with Crippen molar-refractivity contribution in [3.63, 3.8) is 0 Å². The molecule has 3 amide bonds. The molecule has 0 aliphatic heterocycles. The number of hydrogen-bond donors (Lipinski definition) is 7. The van der Waals surface area contributed by atoms with Gasteiger partial charge in [-0.05, 0) is 39.7 Å². The standard InChI is InChI=1S/C18H31N7O5/c1-10(23-16(27)13(20)7-12-8-21-9-22-12)15(26)25-14(5-3-4-6-19)17(28)24-11(2)18(29)30/h8-11,13-14H,3-7,19-20H2,1-2H3,(H,21,22)(H,23,27)(H,24,28)(H,25,26)(H,29,30). The van der Waals surface area contributed by atoms with Gasteiger partial charge in [-0.15, -0.1) is 0 Å². The Labute approximate surface area is 174 Å². The molecule has 168 valence electrons. The Balaban J connectivity index is 2.65. The van der Waals surface area contributed by atoms with E-state index >= 15 is 0 Å². The number of carboxylic acid groups (broad SMARTS) is 1. The molecule has 4 unspecified atom stereocenters. The summed E-state index contributed by atoms with van der Waals surface area (Å²) in [5.41, 5.74) is 12.0. The summed E-state index contributed by atoms with van der Waals surface area (Å²) in [5.74, 6) is -2.93. The van der Waals surface area contributed by atoms with Gasteiger partial charge >= 0.3 is 5.97 Å². The van der Waals surface area contributed by atoms with Gasteiger partial charge in [0, 0.05) is 18.3 Å². The number of carboxylic acids is 1. The quantitative estimate of drug-likeness (QED) is 0.175. The van der Waals surface area contributed by atoms with Crippen LogP contribution in [0.1, 0.15) is 38.8 Å². The highest BCUT2D eigenvalue weighted by molar-refractivity contribution is 5.93. The number of carbonyl (C=O) groups is 4. The Morgan fingerprint density at radius 3 is 2.30 bits per heavy atom. The summed E-state index contributed by atoms with van der Waals surface area (Å²) in [6.45, 7) is 3.21. The fraction of sp³-hybridized carbons (Fsp3) is 0.611. The Morgan fingerprint density at radius 1 is 1.07 bits per heavy atom. The molecular weight excluding hydrogens is 394 g/mol. The Bertz CT molecular complexity index is 710. The molecule has 30 heavy (non-hydrogen) atoms. The lowest BCUT2D eigenvalue weighted by Crippen LogP contribution is -2.56. The van der Waals surface area contributed by atoms with Gasteiger partial charge in [0.25, 0.3) is 0 Å². The molecule has 12 nitrogen and oxygen atoms in total. The van der Waals surface area contributed by atoms with E-state index in [0.29, 0.717) is 25.1 Å². The van der Waals surface area contributed by atoms with Gasteiger partial charge in [0.05, 0.1) is 12.4 Å². The molecular formula is C18H31N7O5. The molecule has 1 heterocycles. The molecule has 0 aromatic carbocycles. The van der Waals surface area contributed by atoms with Gasteiger partial charge in [-0.2, -0.15) is 0 Å². The van der Waals surface area contributed by atoms with E-state index in [4.69, 9.17) is 16.6 Å². The molecule has 0 saturated heterocycles. The number of rotatable bonds is 13. The van der Waals surface area contributed by atoms with Gasteiger partial charge in [-0.1, -0.05) is 0 Å². The molecule has 1 aromatic rings. The van der Waals surface area contributed by atoms with Gasteiger partial charge in [0.1, 0.15) is 18.1 Å². The number of aromatic amines is 1. The number of aliphatic carboxylic acids is 1. The van der Waals surface area contributed by atoms with Crippen molar-refractivity contribution >= 4 is 23.7 Å². The number of unbranched alkanes of at least 4 members (excludes halogenated alkanes) is 1. The minimum absolute atomic E-state index is 0.220. The number of nitrogens with two attached hydrogens (primary N) is 2. The zero-order valence-corrected chi connectivity index (χ0v) is 17.2. The third kappa shape index (κ3) is 8.57. The monoisotopic (exact) mass is 425 g/mol. The molecule has 0 saturated carbocycles. The first-order valence-corrected chi connectivity index (χ1v) is 9.72. The normalized spacial score (nSPS) is 14.8. The van der Waals surface area contributed by atoms with Crippen LogP contribution < -0.4 is 27.4 Å². The van der Waals surface area contributed by atoms with Gasteiger partial charge in [-0.25, -0.2) is 4.98 Å². The predicted octanol–water partition coefficient (Wildman–Crippen LogP) is -2.01. The van der Waals surface area contributed by atoms with Crippen LogP contribution in [0.3, 0.4) is 0 Å². The molecule has 0 spiro atoms. The van der Waals surface area contributed by atoms with Gasteiger partial charge in [-0.3, -0.25) is 19.2 Å². The van der Waals surface area contributed by atoms with Crippen LogP contribution in [0.4, 0.5) is 0 Å². The Morgan fingerprint density at radius 2 is 1.73 bits per heavy atom. The van der Waals surface area contributed by atoms with Crippen LogP contribution in [-0.4, -0.2) is 69.5 Å². The number of carbonyl (C=O) groups excluding carboxylic acids is 3. The highest BCUT2D eigenvalue weighted by Gasteiger charge is 2.27. The van der Waals surface area contributed by atoms with Crippen LogP contribution in [0.2, 0.25) is 0 Å². The smallest absolute Gasteiger partial charge is 0.325 e. The van der Waals surface area contributed by atoms with Crippen molar-refractivity contribution in [3.05, 3.63) is 18.2 Å². The van der Waals surface area contributed by atoms with E-state index in [-0.39, 0.29) is 12.8 Å². The van der Waals surface area contributed by atoms with Crippen molar-refractivity contribution in [2.75, 3.05) is 6.54 Å². The third-order valence-electron chi connectivity index (χ3n) is 4.39. The maximum Gasteiger partial charge on any atom is 0.325 e. The average molecular weight is 425 g/mol. The first-order valence-electron chi connectivity index (χ1n) is 9.72. The van der Waals surface area contributed by atoms with E-state index in [0.717, 1.165) is 0 Å². The molecule has 12 heteroatoms. The molecule has 0 aliphatic rings. The molecule has 4 atom stereocenters. The van der Waals surface area contributed by atoms with Crippen LogP contribution in [0.25, 0.3) is 0 Å². The van der Waals surface area contributed by atoms with E-state index in [9.17, 15) is 19.2 Å². The highest BCUT2D eigenvalue weighted by atomic mass is 16.4. The van der Waals surface area contributed by atoms with Crippen molar-refractivity contribution in [2.45, 2.75) is 63.7 Å². The third-order valence-corrected chi connectivity index (χ3v) is 4.39. The van der Waals surface area contributed by atoms with E-state index in [2.05, 4.69) is 25.9 Å². The second-order valence-electron chi connectivity index (χ2n) is 7.03. The largest absolute Gasteiger partial charge is 0.480 e. The van der Waals surface area contributed by atoms with Crippen molar-refractivity contribution < 1.29 is 24.3 Å². The van der Waals surface area contributed by atoms with Crippen molar-refractivity contribution in [1.82, 2.24) is 25.9 Å². The lowest BCUT2D eigenvalue weighted by atomic mass is 10.1. The fourth-order valence-electron chi connectivity index (χ4n) is 2.55. The van der Waals surface area contributed by atoms with Crippen LogP contribution in [0.5, 0.6) is 0 Å². The van der Waals surface area contributed by atoms with Gasteiger partial charge in [0.15, 0.2) is 0 Å². The number of H-pyrrole nitrogens is 1. The second-order valence-corrected chi connectivity index (χ2v) is 7.03. The summed E-state index contributed by atoms with van der Waals surface area (Å²) in [6.07, 6.45) is 4.72. The maximum atomic E-state index is 12.5. The summed E-state index contributed by atoms with van der Waals surface area (Å²) in [7, 11) is 0. The van der Waals surface area contributed by atoms with Gasteiger partial charge < -0.3 is 37.5 Å². The van der Waals surface area contributed by atoms with Crippen molar-refractivity contribution in [3.8, 4) is 0 Å². The fourth-order valence-corrected chi connectivity index (χ4v) is 2.55. The Hall–Kier alpha value is -2.99. The SMILES string of the molecule is CC(NC(=O)C(CCCCN)NC(=O)C(C)NC(=O)C(N)Cc1cnc[nH]1)C(=O)O. The molecule has 0 aliphatic carbocycles. The molecule has 1 aromatic heterocycles. The molecule has 9 N–H and O–H groups in total. The highest BCUT2D eigenvalue weighted by Crippen LogP contribution is 2.03. The van der Waals surface area contributed by atoms with Crippen LogP contribution in [0, 0.1) is 0 Å². The average Bonchev–Trinajstić information content (AvgIpc) is 3.19. The lowest BCUT2D eigenvalue weighted by molar-refractivity contribution is -0.141.